The molecule has 35 heavy (non-hydrogen) atoms. The first-order valence-electron chi connectivity index (χ1n) is 12.7. The van der Waals surface area contributed by atoms with E-state index in [0.29, 0.717) is 28.5 Å². The van der Waals surface area contributed by atoms with Crippen molar-refractivity contribution >= 4 is 47.0 Å². The Morgan fingerprint density at radius 1 is 1.09 bits per heavy atom. The summed E-state index contributed by atoms with van der Waals surface area (Å²) in [5.41, 5.74) is 3.14. The molecular formula is C27H38ClN5O2. The summed E-state index contributed by atoms with van der Waals surface area (Å²) in [6, 6.07) is 9.26. The third-order valence-corrected chi connectivity index (χ3v) is 7.20. The first-order valence-corrected chi connectivity index (χ1v) is 12.7. The highest BCUT2D eigenvalue weighted by molar-refractivity contribution is 6.12. The molecule has 2 aromatic rings. The van der Waals surface area contributed by atoms with Gasteiger partial charge in [0.05, 0.1) is 22.6 Å². The van der Waals surface area contributed by atoms with Gasteiger partial charge in [-0.25, -0.2) is 4.98 Å². The van der Waals surface area contributed by atoms with E-state index in [2.05, 4.69) is 39.3 Å². The van der Waals surface area contributed by atoms with Crippen LogP contribution >= 0.6 is 12.4 Å². The average molecular weight is 500 g/mol. The topological polar surface area (TPSA) is 77.6 Å². The fraction of sp³-hybridized carbons (Fsp3) is 0.519. The number of rotatable bonds is 9. The molecule has 1 aromatic carbocycles. The number of carbonyl (C=O) groups is 2. The number of fused-ring (bicyclic) bond motifs is 2. The first-order chi connectivity index (χ1) is 16.5. The molecule has 0 atom stereocenters. The predicted octanol–water partition coefficient (Wildman–Crippen LogP) is 5.74. The Morgan fingerprint density at radius 3 is 2.49 bits per heavy atom. The lowest BCUT2D eigenvalue weighted by molar-refractivity contribution is 0.101. The van der Waals surface area contributed by atoms with Crippen molar-refractivity contribution < 1.29 is 9.59 Å². The van der Waals surface area contributed by atoms with E-state index < -0.39 is 0 Å². The minimum atomic E-state index is -0.173. The average Bonchev–Trinajstić information content (AvgIpc) is 2.99. The molecule has 1 amide bonds. The molecule has 1 fully saturated rings. The Balaban J connectivity index is 0.00000342. The monoisotopic (exact) mass is 499 g/mol. The molecular weight excluding hydrogens is 462 g/mol. The summed E-state index contributed by atoms with van der Waals surface area (Å²) in [5, 5.41) is 6.22. The molecule has 2 N–H and O–H groups in total. The Kier molecular flexibility index (Phi) is 9.52. The van der Waals surface area contributed by atoms with Crippen LogP contribution in [0.3, 0.4) is 0 Å². The number of ketones is 1. The zero-order chi connectivity index (χ0) is 24.1. The Labute approximate surface area is 215 Å². The summed E-state index contributed by atoms with van der Waals surface area (Å²) in [4.78, 5) is 34.7. The Bertz CT molecular complexity index is 1030. The van der Waals surface area contributed by atoms with Gasteiger partial charge in [0.25, 0.3) is 5.91 Å². The van der Waals surface area contributed by atoms with Crippen LogP contribution in [0.25, 0.3) is 0 Å². The molecule has 190 valence electrons. The van der Waals surface area contributed by atoms with E-state index >= 15 is 0 Å². The lowest BCUT2D eigenvalue weighted by atomic mass is 9.91. The second-order valence-electron chi connectivity index (χ2n) is 9.39. The van der Waals surface area contributed by atoms with E-state index in [-0.39, 0.29) is 24.1 Å². The van der Waals surface area contributed by atoms with Crippen molar-refractivity contribution in [3.63, 3.8) is 0 Å². The minimum Gasteiger partial charge on any atom is -0.370 e. The normalized spacial score (nSPS) is 15.4. The van der Waals surface area contributed by atoms with E-state index in [9.17, 15) is 9.59 Å². The highest BCUT2D eigenvalue weighted by Crippen LogP contribution is 2.36. The summed E-state index contributed by atoms with van der Waals surface area (Å²) in [5.74, 6) is 1.00. The molecule has 3 heterocycles. The number of pyridine rings is 1. The quantitative estimate of drug-likeness (QED) is 0.338. The van der Waals surface area contributed by atoms with Crippen molar-refractivity contribution in [2.24, 2.45) is 5.92 Å². The molecule has 0 spiro atoms. The van der Waals surface area contributed by atoms with Crippen LogP contribution in [0.2, 0.25) is 0 Å². The Hall–Kier alpha value is -2.64. The summed E-state index contributed by atoms with van der Waals surface area (Å²) < 4.78 is 0. The number of unbranched alkanes of at least 4 members (excludes halogenated alkanes) is 1. The van der Waals surface area contributed by atoms with Crippen LogP contribution in [0.1, 0.15) is 73.7 Å². The number of Topliss-reactive ketones (excluding diaryl/α,β-unsaturated/α-hetero) is 1. The molecule has 0 aliphatic carbocycles. The van der Waals surface area contributed by atoms with Gasteiger partial charge in [0.15, 0.2) is 11.6 Å². The molecule has 7 nitrogen and oxygen atoms in total. The van der Waals surface area contributed by atoms with Crippen LogP contribution in [0.4, 0.5) is 22.9 Å². The van der Waals surface area contributed by atoms with E-state index in [4.69, 9.17) is 0 Å². The second kappa shape index (κ2) is 12.4. The summed E-state index contributed by atoms with van der Waals surface area (Å²) in [6.07, 6.45) is 6.06. The fourth-order valence-corrected chi connectivity index (χ4v) is 5.07. The van der Waals surface area contributed by atoms with Crippen LogP contribution in [-0.4, -0.2) is 54.3 Å². The van der Waals surface area contributed by atoms with Gasteiger partial charge in [-0.1, -0.05) is 38.8 Å². The van der Waals surface area contributed by atoms with E-state index in [1.807, 2.05) is 24.3 Å². The van der Waals surface area contributed by atoms with Gasteiger partial charge in [-0.2, -0.15) is 0 Å². The first kappa shape index (κ1) is 27.0. The number of carbonyl (C=O) groups excluding carboxylic acids is 2. The van der Waals surface area contributed by atoms with Crippen LogP contribution in [0, 0.1) is 5.92 Å². The summed E-state index contributed by atoms with van der Waals surface area (Å²) in [6.45, 7) is 11.3. The maximum atomic E-state index is 12.8. The van der Waals surface area contributed by atoms with Crippen molar-refractivity contribution in [2.75, 3.05) is 48.3 Å². The van der Waals surface area contributed by atoms with E-state index in [1.165, 1.54) is 25.8 Å². The maximum Gasteiger partial charge on any atom is 0.257 e. The fourth-order valence-electron chi connectivity index (χ4n) is 5.07. The molecule has 1 aromatic heterocycles. The third-order valence-electron chi connectivity index (χ3n) is 7.20. The van der Waals surface area contributed by atoms with Crippen LogP contribution in [-0.2, 0) is 0 Å². The lowest BCUT2D eigenvalue weighted by Gasteiger charge is -2.34. The van der Waals surface area contributed by atoms with Crippen molar-refractivity contribution in [1.82, 2.24) is 9.88 Å². The van der Waals surface area contributed by atoms with Crippen molar-refractivity contribution in [2.45, 2.75) is 52.9 Å². The van der Waals surface area contributed by atoms with Gasteiger partial charge in [0.1, 0.15) is 5.69 Å². The number of para-hydroxylation sites is 1. The molecule has 2 aliphatic rings. The van der Waals surface area contributed by atoms with Gasteiger partial charge in [-0.3, -0.25) is 9.59 Å². The molecule has 0 saturated carbocycles. The number of aromatic nitrogens is 1. The number of hydrogen-bond donors (Lipinski definition) is 2. The van der Waals surface area contributed by atoms with Gasteiger partial charge in [0, 0.05) is 20.0 Å². The van der Waals surface area contributed by atoms with E-state index in [0.717, 1.165) is 50.6 Å². The predicted molar refractivity (Wildman–Crippen MR) is 146 cm³/mol. The van der Waals surface area contributed by atoms with Crippen molar-refractivity contribution in [1.29, 1.82) is 0 Å². The third kappa shape index (κ3) is 6.33. The zero-order valence-electron chi connectivity index (χ0n) is 21.1. The minimum absolute atomic E-state index is 0. The number of nitrogens with one attached hydrogen (secondary N) is 2. The van der Waals surface area contributed by atoms with E-state index in [1.54, 1.807) is 13.0 Å². The number of benzene rings is 1. The summed E-state index contributed by atoms with van der Waals surface area (Å²) >= 11 is 0. The number of hydrogen-bond acceptors (Lipinski definition) is 6. The number of amides is 1. The largest absolute Gasteiger partial charge is 0.370 e. The van der Waals surface area contributed by atoms with Gasteiger partial charge < -0.3 is 20.4 Å². The molecule has 4 rings (SSSR count). The molecule has 8 heteroatoms. The maximum absolute atomic E-state index is 12.8. The second-order valence-corrected chi connectivity index (χ2v) is 9.39. The highest BCUT2D eigenvalue weighted by atomic mass is 35.5. The molecule has 0 bridgehead atoms. The Morgan fingerprint density at radius 2 is 1.80 bits per heavy atom. The standard InChI is InChI=1S/C27H37N5O2.ClH/c1-4-31(5-2)15-9-8-10-20-13-16-32(17-14-20)24-18-23-26(30-25(24)19(3)33)28-22-12-7-6-11-21(22)27(34)29-23;/h6-7,11-12,18,20H,4-5,8-10,13-17H2,1-3H3,(H,28,30)(H,29,34);1H. The number of piperidine rings is 1. The highest BCUT2D eigenvalue weighted by Gasteiger charge is 2.27. The molecule has 0 radical (unpaired) electrons. The van der Waals surface area contributed by atoms with Crippen LogP contribution in [0.5, 0.6) is 0 Å². The van der Waals surface area contributed by atoms with Gasteiger partial charge in [-0.05, 0) is 63.0 Å². The smallest absolute Gasteiger partial charge is 0.257 e. The molecule has 1 saturated heterocycles. The van der Waals surface area contributed by atoms with Crippen molar-refractivity contribution in [3.05, 3.63) is 41.6 Å². The number of anilines is 4. The SMILES string of the molecule is CCN(CC)CCCCC1CCN(c2cc3c(nc2C(C)=O)Nc2ccccc2C(=O)N3)CC1.Cl. The van der Waals surface area contributed by atoms with Gasteiger partial charge in [-0.15, -0.1) is 12.4 Å². The molecule has 2 aliphatic heterocycles. The molecule has 0 unspecified atom stereocenters. The van der Waals surface area contributed by atoms with Crippen molar-refractivity contribution in [3.8, 4) is 0 Å². The zero-order valence-corrected chi connectivity index (χ0v) is 21.9. The number of halogens is 1. The lowest BCUT2D eigenvalue weighted by Crippen LogP contribution is -2.35. The van der Waals surface area contributed by atoms with Gasteiger partial charge >= 0.3 is 0 Å². The van der Waals surface area contributed by atoms with Crippen LogP contribution < -0.4 is 15.5 Å². The van der Waals surface area contributed by atoms with Crippen LogP contribution in [0.15, 0.2) is 30.3 Å². The van der Waals surface area contributed by atoms with Gasteiger partial charge in [0.2, 0.25) is 0 Å². The number of nitrogens with zero attached hydrogens (tertiary/aromatic N) is 3. The summed E-state index contributed by atoms with van der Waals surface area (Å²) in [7, 11) is 0.